The lowest BCUT2D eigenvalue weighted by Crippen LogP contribution is -2.57. The molecule has 1 aromatic heterocycles. The molecule has 2 aromatic rings. The number of benzene rings is 1. The van der Waals surface area contributed by atoms with Gasteiger partial charge in [-0.3, -0.25) is 4.79 Å². The highest BCUT2D eigenvalue weighted by Crippen LogP contribution is 2.27. The maximum Gasteiger partial charge on any atom is 0.257 e. The van der Waals surface area contributed by atoms with Gasteiger partial charge in [0.1, 0.15) is 29.1 Å². The van der Waals surface area contributed by atoms with Crippen molar-refractivity contribution in [2.75, 3.05) is 13.1 Å². The van der Waals surface area contributed by atoms with Gasteiger partial charge in [0.15, 0.2) is 0 Å². The lowest BCUT2D eigenvalue weighted by Gasteiger charge is -2.42. The maximum atomic E-state index is 13.4. The number of rotatable bonds is 3. The summed E-state index contributed by atoms with van der Waals surface area (Å²) in [6.45, 7) is 3.99. The number of carbonyl (C=O) groups is 1. The van der Waals surface area contributed by atoms with Crippen LogP contribution >= 0.6 is 0 Å². The molecule has 6 nitrogen and oxygen atoms in total. The molecule has 0 bridgehead atoms. The number of hydrogen-bond donors (Lipinski definition) is 1. The summed E-state index contributed by atoms with van der Waals surface area (Å²) in [6.07, 6.45) is 2.66. The second-order valence-corrected chi connectivity index (χ2v) is 6.44. The van der Waals surface area contributed by atoms with Gasteiger partial charge in [0.25, 0.3) is 5.91 Å². The SMILES string of the molecule is Cc1ncc(C(=O)N2CC[C@@](C)(O)[C@H](Oc3cccc(F)c3)C2)cn1. The second kappa shape index (κ2) is 6.76. The van der Waals surface area contributed by atoms with Gasteiger partial charge in [0.05, 0.1) is 12.1 Å². The molecule has 1 amide bonds. The maximum absolute atomic E-state index is 13.4. The third-order valence-corrected chi connectivity index (χ3v) is 4.36. The van der Waals surface area contributed by atoms with Gasteiger partial charge in [-0.15, -0.1) is 0 Å². The van der Waals surface area contributed by atoms with Crippen LogP contribution in [0, 0.1) is 12.7 Å². The third-order valence-electron chi connectivity index (χ3n) is 4.36. The van der Waals surface area contributed by atoms with E-state index in [9.17, 15) is 14.3 Å². The Morgan fingerprint density at radius 2 is 2.12 bits per heavy atom. The van der Waals surface area contributed by atoms with E-state index in [4.69, 9.17) is 4.74 Å². The Bertz CT molecular complexity index is 764. The molecule has 0 saturated carbocycles. The average Bonchev–Trinajstić information content (AvgIpc) is 2.57. The van der Waals surface area contributed by atoms with Gasteiger partial charge in [-0.1, -0.05) is 6.07 Å². The minimum atomic E-state index is -1.12. The Kier molecular flexibility index (Phi) is 4.67. The van der Waals surface area contributed by atoms with Gasteiger partial charge in [0.2, 0.25) is 0 Å². The largest absolute Gasteiger partial charge is 0.485 e. The first-order valence-electron chi connectivity index (χ1n) is 8.08. The number of aromatic nitrogens is 2. The Hall–Kier alpha value is -2.54. The molecule has 1 N–H and O–H groups in total. The summed E-state index contributed by atoms with van der Waals surface area (Å²) in [5.41, 5.74) is -0.732. The van der Waals surface area contributed by atoms with E-state index in [1.807, 2.05) is 0 Å². The highest BCUT2D eigenvalue weighted by atomic mass is 19.1. The molecule has 2 atom stereocenters. The van der Waals surface area contributed by atoms with Crippen molar-refractivity contribution < 1.29 is 19.0 Å². The zero-order valence-corrected chi connectivity index (χ0v) is 14.1. The van der Waals surface area contributed by atoms with Crippen LogP contribution in [0.25, 0.3) is 0 Å². The quantitative estimate of drug-likeness (QED) is 0.920. The molecule has 2 heterocycles. The van der Waals surface area contributed by atoms with Crippen molar-refractivity contribution in [3.05, 3.63) is 53.9 Å². The number of aliphatic hydroxyl groups is 1. The highest BCUT2D eigenvalue weighted by molar-refractivity contribution is 5.93. The van der Waals surface area contributed by atoms with E-state index in [2.05, 4.69) is 9.97 Å². The van der Waals surface area contributed by atoms with Gasteiger partial charge < -0.3 is 14.7 Å². The van der Waals surface area contributed by atoms with E-state index in [0.717, 1.165) is 0 Å². The number of likely N-dealkylation sites (tertiary alicyclic amines) is 1. The molecule has 3 rings (SSSR count). The van der Waals surface area contributed by atoms with Crippen molar-refractivity contribution in [1.82, 2.24) is 14.9 Å². The van der Waals surface area contributed by atoms with Crippen LogP contribution in [0.4, 0.5) is 4.39 Å². The predicted octanol–water partition coefficient (Wildman–Crippen LogP) is 1.97. The van der Waals surface area contributed by atoms with Crippen molar-refractivity contribution in [3.63, 3.8) is 0 Å². The zero-order chi connectivity index (χ0) is 18.0. The van der Waals surface area contributed by atoms with Crippen LogP contribution in [0.3, 0.4) is 0 Å². The molecule has 1 aromatic carbocycles. The van der Waals surface area contributed by atoms with Gasteiger partial charge >= 0.3 is 0 Å². The van der Waals surface area contributed by atoms with E-state index in [-0.39, 0.29) is 12.5 Å². The molecule has 1 fully saturated rings. The highest BCUT2D eigenvalue weighted by Gasteiger charge is 2.41. The van der Waals surface area contributed by atoms with Crippen LogP contribution in [0.2, 0.25) is 0 Å². The molecule has 1 saturated heterocycles. The Labute approximate surface area is 145 Å². The Morgan fingerprint density at radius 3 is 2.80 bits per heavy atom. The minimum absolute atomic E-state index is 0.191. The molecular weight excluding hydrogens is 325 g/mol. The van der Waals surface area contributed by atoms with Crippen LogP contribution in [0.15, 0.2) is 36.7 Å². The van der Waals surface area contributed by atoms with Crippen LogP contribution in [0.1, 0.15) is 29.5 Å². The summed E-state index contributed by atoms with van der Waals surface area (Å²) < 4.78 is 19.1. The van der Waals surface area contributed by atoms with Gasteiger partial charge in [0, 0.05) is 25.0 Å². The number of carbonyl (C=O) groups excluding carboxylic acids is 1. The van der Waals surface area contributed by atoms with E-state index in [1.165, 1.54) is 30.6 Å². The monoisotopic (exact) mass is 345 g/mol. The number of nitrogens with zero attached hydrogens (tertiary/aromatic N) is 3. The number of piperidine rings is 1. The standard InChI is InChI=1S/C18H20FN3O3/c1-12-20-9-13(10-21-12)17(23)22-7-6-18(2,24)16(11-22)25-15-5-3-4-14(19)8-15/h3-5,8-10,16,24H,6-7,11H2,1-2H3/t16-,18-/m1/s1. The summed E-state index contributed by atoms with van der Waals surface area (Å²) in [5, 5.41) is 10.6. The smallest absolute Gasteiger partial charge is 0.257 e. The molecule has 1 aliphatic heterocycles. The van der Waals surface area contributed by atoms with E-state index >= 15 is 0 Å². The number of ether oxygens (including phenoxy) is 1. The minimum Gasteiger partial charge on any atom is -0.485 e. The fraction of sp³-hybridized carbons (Fsp3) is 0.389. The molecule has 7 heteroatoms. The summed E-state index contributed by atoms with van der Waals surface area (Å²) >= 11 is 0. The molecule has 0 unspecified atom stereocenters. The van der Waals surface area contributed by atoms with E-state index < -0.39 is 17.5 Å². The number of halogens is 1. The average molecular weight is 345 g/mol. The summed E-state index contributed by atoms with van der Waals surface area (Å²) in [6, 6.07) is 5.73. The topological polar surface area (TPSA) is 75.6 Å². The zero-order valence-electron chi connectivity index (χ0n) is 14.1. The number of aryl methyl sites for hydroxylation is 1. The first-order chi connectivity index (χ1) is 11.8. The van der Waals surface area contributed by atoms with Crippen molar-refractivity contribution >= 4 is 5.91 Å². The summed E-state index contributed by atoms with van der Waals surface area (Å²) in [5.74, 6) is 0.268. The molecule has 0 radical (unpaired) electrons. The van der Waals surface area contributed by atoms with Crippen molar-refractivity contribution in [1.29, 1.82) is 0 Å². The molecule has 1 aliphatic rings. The Balaban J connectivity index is 1.76. The van der Waals surface area contributed by atoms with Crippen molar-refractivity contribution in [2.45, 2.75) is 32.0 Å². The Morgan fingerprint density at radius 1 is 1.40 bits per heavy atom. The third kappa shape index (κ3) is 3.93. The molecule has 0 spiro atoms. The number of amides is 1. The number of hydrogen-bond acceptors (Lipinski definition) is 5. The first kappa shape index (κ1) is 17.3. The molecule has 0 aliphatic carbocycles. The van der Waals surface area contributed by atoms with Crippen LogP contribution in [-0.2, 0) is 0 Å². The lowest BCUT2D eigenvalue weighted by molar-refractivity contribution is -0.0882. The van der Waals surface area contributed by atoms with Gasteiger partial charge in [-0.05, 0) is 32.4 Å². The second-order valence-electron chi connectivity index (χ2n) is 6.44. The first-order valence-corrected chi connectivity index (χ1v) is 8.08. The summed E-state index contributed by atoms with van der Waals surface area (Å²) in [7, 11) is 0. The molecule has 132 valence electrons. The van der Waals surface area contributed by atoms with Crippen molar-refractivity contribution in [2.24, 2.45) is 0 Å². The molecular formula is C18H20FN3O3. The van der Waals surface area contributed by atoms with Gasteiger partial charge in [-0.25, -0.2) is 14.4 Å². The fourth-order valence-electron chi connectivity index (χ4n) is 2.75. The van der Waals surface area contributed by atoms with Crippen LogP contribution < -0.4 is 4.74 Å². The lowest BCUT2D eigenvalue weighted by atomic mass is 9.90. The van der Waals surface area contributed by atoms with E-state index in [1.54, 1.807) is 24.8 Å². The van der Waals surface area contributed by atoms with E-state index in [0.29, 0.717) is 30.1 Å². The fourth-order valence-corrected chi connectivity index (χ4v) is 2.75. The predicted molar refractivity (Wildman–Crippen MR) is 88.7 cm³/mol. The van der Waals surface area contributed by atoms with Gasteiger partial charge in [-0.2, -0.15) is 0 Å². The van der Waals surface area contributed by atoms with Crippen molar-refractivity contribution in [3.8, 4) is 5.75 Å². The summed E-state index contributed by atoms with van der Waals surface area (Å²) in [4.78, 5) is 22.3. The molecule has 25 heavy (non-hydrogen) atoms. The van der Waals surface area contributed by atoms with Crippen LogP contribution in [0.5, 0.6) is 5.75 Å². The van der Waals surface area contributed by atoms with Crippen LogP contribution in [-0.4, -0.2) is 50.7 Å². The normalized spacial score (nSPS) is 23.4.